The number of para-hydroxylation sites is 1. The zero-order valence-electron chi connectivity index (χ0n) is 26.7. The molecule has 0 amide bonds. The molecule has 1 nitrogen and oxygen atoms in total. The Labute approximate surface area is 285 Å². The molecule has 2 aliphatic rings. The number of rotatable bonds is 3. The third-order valence-electron chi connectivity index (χ3n) is 11.0. The van der Waals surface area contributed by atoms with Crippen LogP contribution >= 0.6 is 11.6 Å². The maximum absolute atomic E-state index is 6.80. The van der Waals surface area contributed by atoms with E-state index in [0.717, 1.165) is 32.5 Å². The van der Waals surface area contributed by atoms with Crippen LogP contribution in [0.15, 0.2) is 156 Å². The predicted octanol–water partition coefficient (Wildman–Crippen LogP) is 12.6. The Morgan fingerprint density at radius 1 is 0.479 bits per heavy atom. The lowest BCUT2D eigenvalue weighted by Crippen LogP contribution is -2.29. The lowest BCUT2D eigenvalue weighted by atomic mass is 9.66. The number of halogens is 1. The topological polar surface area (TPSA) is 13.1 Å². The van der Waals surface area contributed by atoms with Crippen LogP contribution in [0.2, 0.25) is 5.02 Å². The highest BCUT2D eigenvalue weighted by Gasteiger charge is 2.47. The highest BCUT2D eigenvalue weighted by molar-refractivity contribution is 6.30. The summed E-state index contributed by atoms with van der Waals surface area (Å²) in [6.45, 7) is 4.62. The standard InChI is InChI=1S/C46H31ClO/c1-45(2)38-21-12-18-31(43(38)34-24-23-30(47)27-39(34)45)28-25-40(44-35-17-8-11-22-41(35)48-42(44)26-28)46(29-13-4-3-5-14-29)36-19-9-6-15-32(36)33-16-7-10-20-37(33)46/h3-27H,1-2H3. The van der Waals surface area contributed by atoms with E-state index in [2.05, 4.69) is 159 Å². The Bertz CT molecular complexity index is 2560. The van der Waals surface area contributed by atoms with Gasteiger partial charge in [0.15, 0.2) is 0 Å². The van der Waals surface area contributed by atoms with Crippen molar-refractivity contribution in [1.29, 1.82) is 0 Å². The summed E-state index contributed by atoms with van der Waals surface area (Å²) < 4.78 is 6.80. The third-order valence-corrected chi connectivity index (χ3v) is 11.2. The molecule has 0 aliphatic heterocycles. The highest BCUT2D eigenvalue weighted by Crippen LogP contribution is 2.59. The molecule has 0 unspecified atom stereocenters. The molecule has 7 aromatic carbocycles. The zero-order chi connectivity index (χ0) is 32.2. The van der Waals surface area contributed by atoms with Crippen LogP contribution in [0.3, 0.4) is 0 Å². The Morgan fingerprint density at radius 3 is 1.90 bits per heavy atom. The van der Waals surface area contributed by atoms with Gasteiger partial charge in [-0.05, 0) is 97.1 Å². The normalized spacial score (nSPS) is 14.9. The molecule has 0 fully saturated rings. The summed E-state index contributed by atoms with van der Waals surface area (Å²) in [6, 6.07) is 55.3. The predicted molar refractivity (Wildman–Crippen MR) is 199 cm³/mol. The van der Waals surface area contributed by atoms with E-state index in [4.69, 9.17) is 16.0 Å². The summed E-state index contributed by atoms with van der Waals surface area (Å²) in [7, 11) is 0. The number of fused-ring (bicyclic) bond motifs is 9. The van der Waals surface area contributed by atoms with Crippen LogP contribution < -0.4 is 0 Å². The van der Waals surface area contributed by atoms with Crippen molar-refractivity contribution in [3.8, 4) is 33.4 Å². The maximum Gasteiger partial charge on any atom is 0.136 e. The average Bonchev–Trinajstić information content (AvgIpc) is 3.72. The van der Waals surface area contributed by atoms with Gasteiger partial charge in [-0.2, -0.15) is 0 Å². The summed E-state index contributed by atoms with van der Waals surface area (Å²) >= 11 is 6.59. The van der Waals surface area contributed by atoms with Gasteiger partial charge in [-0.3, -0.25) is 0 Å². The minimum atomic E-state index is -0.571. The van der Waals surface area contributed by atoms with Gasteiger partial charge < -0.3 is 4.42 Å². The molecule has 0 spiro atoms. The first-order valence-corrected chi connectivity index (χ1v) is 17.0. The van der Waals surface area contributed by atoms with E-state index < -0.39 is 5.41 Å². The Balaban J connectivity index is 1.39. The Morgan fingerprint density at radius 2 is 1.12 bits per heavy atom. The van der Waals surface area contributed by atoms with Crippen LogP contribution in [0.25, 0.3) is 55.3 Å². The van der Waals surface area contributed by atoms with Gasteiger partial charge in [0.05, 0.1) is 5.41 Å². The molecule has 8 aromatic rings. The van der Waals surface area contributed by atoms with E-state index in [-0.39, 0.29) is 5.41 Å². The largest absolute Gasteiger partial charge is 0.456 e. The molecule has 1 aromatic heterocycles. The number of hydrogen-bond acceptors (Lipinski definition) is 1. The second kappa shape index (κ2) is 9.83. The quantitative estimate of drug-likeness (QED) is 0.188. The van der Waals surface area contributed by atoms with E-state index in [9.17, 15) is 0 Å². The van der Waals surface area contributed by atoms with E-state index in [0.29, 0.717) is 0 Å². The van der Waals surface area contributed by atoms with Gasteiger partial charge in [-0.25, -0.2) is 0 Å². The minimum Gasteiger partial charge on any atom is -0.456 e. The van der Waals surface area contributed by atoms with Crippen LogP contribution in [0, 0.1) is 0 Å². The summed E-state index contributed by atoms with van der Waals surface area (Å²) in [6.07, 6.45) is 0. The fourth-order valence-corrected chi connectivity index (χ4v) is 9.16. The van der Waals surface area contributed by atoms with Crippen molar-refractivity contribution < 1.29 is 4.42 Å². The van der Waals surface area contributed by atoms with Gasteiger partial charge in [-0.15, -0.1) is 0 Å². The smallest absolute Gasteiger partial charge is 0.136 e. The van der Waals surface area contributed by atoms with Gasteiger partial charge in [0.2, 0.25) is 0 Å². The monoisotopic (exact) mass is 634 g/mol. The van der Waals surface area contributed by atoms with Crippen molar-refractivity contribution in [2.24, 2.45) is 0 Å². The van der Waals surface area contributed by atoms with Crippen molar-refractivity contribution in [2.45, 2.75) is 24.7 Å². The van der Waals surface area contributed by atoms with Crippen LogP contribution in [0.1, 0.15) is 47.2 Å². The van der Waals surface area contributed by atoms with Gasteiger partial charge in [-0.1, -0.05) is 147 Å². The van der Waals surface area contributed by atoms with Gasteiger partial charge in [0, 0.05) is 21.2 Å². The first-order valence-electron chi connectivity index (χ1n) is 16.6. The maximum atomic E-state index is 6.80. The lowest BCUT2D eigenvalue weighted by molar-refractivity contribution is 0.660. The molecular formula is C46H31ClO. The van der Waals surface area contributed by atoms with Gasteiger partial charge in [0.1, 0.15) is 11.2 Å². The molecule has 10 rings (SSSR count). The van der Waals surface area contributed by atoms with Crippen LogP contribution in [0.4, 0.5) is 0 Å². The number of hydrogen-bond donors (Lipinski definition) is 0. The van der Waals surface area contributed by atoms with Gasteiger partial charge in [0.25, 0.3) is 0 Å². The SMILES string of the molecule is CC1(C)c2cc(Cl)ccc2-c2c(-c3cc(C4(c5ccccc5)c5ccccc5-c5ccccc54)c4c(c3)oc3ccccc34)cccc21. The van der Waals surface area contributed by atoms with E-state index in [1.807, 2.05) is 6.07 Å². The molecule has 228 valence electrons. The van der Waals surface area contributed by atoms with E-state index in [1.54, 1.807) is 0 Å². The molecule has 48 heavy (non-hydrogen) atoms. The molecule has 2 aliphatic carbocycles. The third kappa shape index (κ3) is 3.52. The Kier molecular flexibility index (Phi) is 5.67. The van der Waals surface area contributed by atoms with Crippen LogP contribution in [-0.4, -0.2) is 0 Å². The molecule has 0 bridgehead atoms. The Hall–Kier alpha value is -5.37. The van der Waals surface area contributed by atoms with E-state index >= 15 is 0 Å². The van der Waals surface area contributed by atoms with Crippen molar-refractivity contribution in [3.63, 3.8) is 0 Å². The van der Waals surface area contributed by atoms with Gasteiger partial charge >= 0.3 is 0 Å². The molecule has 0 radical (unpaired) electrons. The first kappa shape index (κ1) is 27.7. The van der Waals surface area contributed by atoms with Crippen molar-refractivity contribution in [2.75, 3.05) is 0 Å². The molecule has 0 saturated carbocycles. The fourth-order valence-electron chi connectivity index (χ4n) is 8.99. The lowest BCUT2D eigenvalue weighted by Gasteiger charge is -2.35. The van der Waals surface area contributed by atoms with Crippen molar-refractivity contribution in [3.05, 3.63) is 190 Å². The van der Waals surface area contributed by atoms with E-state index in [1.165, 1.54) is 61.2 Å². The molecule has 1 heterocycles. The van der Waals surface area contributed by atoms with Crippen LogP contribution in [-0.2, 0) is 10.8 Å². The molecule has 0 N–H and O–H groups in total. The second-order valence-corrected chi connectivity index (χ2v) is 14.2. The summed E-state index contributed by atoms with van der Waals surface area (Å²) in [4.78, 5) is 0. The van der Waals surface area contributed by atoms with Crippen molar-refractivity contribution >= 4 is 33.5 Å². The average molecular weight is 635 g/mol. The van der Waals surface area contributed by atoms with Crippen molar-refractivity contribution in [1.82, 2.24) is 0 Å². The molecule has 0 atom stereocenters. The zero-order valence-corrected chi connectivity index (χ0v) is 27.5. The highest BCUT2D eigenvalue weighted by atomic mass is 35.5. The fraction of sp³-hybridized carbons (Fsp3) is 0.0870. The second-order valence-electron chi connectivity index (χ2n) is 13.7. The minimum absolute atomic E-state index is 0.174. The first-order chi connectivity index (χ1) is 23.5. The number of benzene rings is 7. The number of furan rings is 1. The summed E-state index contributed by atoms with van der Waals surface area (Å²) in [5.74, 6) is 0. The molecule has 2 heteroatoms. The molecular weight excluding hydrogens is 604 g/mol. The summed E-state index contributed by atoms with van der Waals surface area (Å²) in [5, 5.41) is 3.06. The summed E-state index contributed by atoms with van der Waals surface area (Å²) in [5.41, 5.74) is 16.1. The van der Waals surface area contributed by atoms with Crippen LogP contribution in [0.5, 0.6) is 0 Å². The molecule has 0 saturated heterocycles.